The van der Waals surface area contributed by atoms with Crippen LogP contribution in [0.25, 0.3) is 0 Å². The molecule has 2 saturated heterocycles. The van der Waals surface area contributed by atoms with E-state index in [0.717, 1.165) is 0 Å². The third kappa shape index (κ3) is 8.59. The van der Waals surface area contributed by atoms with Crippen molar-refractivity contribution in [3.63, 3.8) is 0 Å². The van der Waals surface area contributed by atoms with Gasteiger partial charge in [0.15, 0.2) is 0 Å². The quantitative estimate of drug-likeness (QED) is 0.365. The van der Waals surface area contributed by atoms with Gasteiger partial charge in [-0.15, -0.1) is 24.4 Å². The topological polar surface area (TPSA) is 97.4 Å². The van der Waals surface area contributed by atoms with Gasteiger partial charge in [-0.1, -0.05) is 0 Å². The second-order valence-corrected chi connectivity index (χ2v) is 8.71. The standard InChI is InChI=1S/C18H28O8S2/c1-10(19)22-8-15-4-14(24-12(3)21)7-18(26-15)28-9-16-5-13(23-11(2)20)6-17(27)25-16/h13-18,27H,4-9H2,1-3H3. The Balaban J connectivity index is 1.87. The zero-order valence-corrected chi connectivity index (χ0v) is 18.0. The van der Waals surface area contributed by atoms with Crippen molar-refractivity contribution in [2.75, 3.05) is 12.4 Å². The van der Waals surface area contributed by atoms with Crippen LogP contribution < -0.4 is 0 Å². The molecular formula is C18H28O8S2. The number of ether oxygens (including phenoxy) is 5. The van der Waals surface area contributed by atoms with Crippen molar-refractivity contribution < 1.29 is 38.1 Å². The van der Waals surface area contributed by atoms with Crippen molar-refractivity contribution in [2.24, 2.45) is 0 Å². The Morgan fingerprint density at radius 1 is 0.893 bits per heavy atom. The summed E-state index contributed by atoms with van der Waals surface area (Å²) in [7, 11) is 0. The average Bonchev–Trinajstić information content (AvgIpc) is 2.56. The van der Waals surface area contributed by atoms with Crippen LogP contribution in [-0.4, -0.2) is 65.6 Å². The van der Waals surface area contributed by atoms with Crippen LogP contribution >= 0.6 is 24.4 Å². The average molecular weight is 437 g/mol. The molecule has 2 rings (SSSR count). The van der Waals surface area contributed by atoms with E-state index in [4.69, 9.17) is 23.7 Å². The molecule has 0 bridgehead atoms. The number of thioether (sulfide) groups is 1. The highest BCUT2D eigenvalue weighted by Gasteiger charge is 2.34. The summed E-state index contributed by atoms with van der Waals surface area (Å²) in [6.45, 7) is 4.22. The Labute approximate surface area is 174 Å². The monoisotopic (exact) mass is 436 g/mol. The maximum absolute atomic E-state index is 11.3. The van der Waals surface area contributed by atoms with Gasteiger partial charge in [0.05, 0.1) is 12.2 Å². The molecule has 2 heterocycles. The maximum Gasteiger partial charge on any atom is 0.302 e. The molecule has 6 atom stereocenters. The third-order valence-electron chi connectivity index (χ3n) is 4.27. The number of hydrogen-bond acceptors (Lipinski definition) is 10. The molecule has 10 heteroatoms. The van der Waals surface area contributed by atoms with E-state index in [1.807, 2.05) is 0 Å². The third-order valence-corrected chi connectivity index (χ3v) is 5.84. The molecule has 0 radical (unpaired) electrons. The van der Waals surface area contributed by atoms with E-state index in [1.165, 1.54) is 20.8 Å². The summed E-state index contributed by atoms with van der Waals surface area (Å²) in [5.74, 6) is -0.423. The minimum atomic E-state index is -0.380. The molecule has 8 nitrogen and oxygen atoms in total. The SMILES string of the molecule is CC(=O)OCC1CC(OC(C)=O)CC(SCC2CC(OC(C)=O)CC(S)O2)O1. The van der Waals surface area contributed by atoms with E-state index in [1.54, 1.807) is 11.8 Å². The molecular weight excluding hydrogens is 408 g/mol. The van der Waals surface area contributed by atoms with Gasteiger partial charge < -0.3 is 23.7 Å². The Morgan fingerprint density at radius 2 is 1.50 bits per heavy atom. The van der Waals surface area contributed by atoms with Crippen LogP contribution in [-0.2, 0) is 38.1 Å². The molecule has 6 unspecified atom stereocenters. The highest BCUT2D eigenvalue weighted by molar-refractivity contribution is 7.99. The number of thiol groups is 1. The fourth-order valence-corrected chi connectivity index (χ4v) is 4.92. The van der Waals surface area contributed by atoms with Gasteiger partial charge in [0.1, 0.15) is 29.7 Å². The number of carbonyl (C=O) groups is 3. The van der Waals surface area contributed by atoms with E-state index >= 15 is 0 Å². The van der Waals surface area contributed by atoms with Crippen LogP contribution in [0.3, 0.4) is 0 Å². The first-order valence-corrected chi connectivity index (χ1v) is 10.9. The van der Waals surface area contributed by atoms with E-state index in [0.29, 0.717) is 31.4 Å². The van der Waals surface area contributed by atoms with Crippen LogP contribution in [0.1, 0.15) is 46.5 Å². The Morgan fingerprint density at radius 3 is 2.11 bits per heavy atom. The van der Waals surface area contributed by atoms with Gasteiger partial charge in [0.2, 0.25) is 0 Å². The lowest BCUT2D eigenvalue weighted by Gasteiger charge is -2.36. The predicted octanol–water partition coefficient (Wildman–Crippen LogP) is 2.09. The first-order chi connectivity index (χ1) is 13.2. The molecule has 2 aliphatic heterocycles. The Kier molecular flexibility index (Phi) is 9.39. The second-order valence-electron chi connectivity index (χ2n) is 6.94. The Hall–Kier alpha value is -0.970. The molecule has 0 aromatic rings. The molecule has 0 aliphatic carbocycles. The van der Waals surface area contributed by atoms with E-state index in [-0.39, 0.29) is 59.8 Å². The lowest BCUT2D eigenvalue weighted by molar-refractivity contribution is -0.162. The van der Waals surface area contributed by atoms with Crippen molar-refractivity contribution in [1.82, 2.24) is 0 Å². The number of esters is 3. The van der Waals surface area contributed by atoms with Crippen LogP contribution in [0.2, 0.25) is 0 Å². The van der Waals surface area contributed by atoms with E-state index < -0.39 is 0 Å². The molecule has 2 fully saturated rings. The van der Waals surface area contributed by atoms with Gasteiger partial charge in [0, 0.05) is 52.2 Å². The summed E-state index contributed by atoms with van der Waals surface area (Å²) in [6.07, 6.45) is 1.22. The molecule has 0 amide bonds. The lowest BCUT2D eigenvalue weighted by Crippen LogP contribution is -2.40. The van der Waals surface area contributed by atoms with Gasteiger partial charge in [-0.2, -0.15) is 0 Å². The van der Waals surface area contributed by atoms with Crippen molar-refractivity contribution in [3.8, 4) is 0 Å². The van der Waals surface area contributed by atoms with Gasteiger partial charge in [-0.25, -0.2) is 0 Å². The molecule has 160 valence electrons. The van der Waals surface area contributed by atoms with Gasteiger partial charge in [-0.3, -0.25) is 14.4 Å². The van der Waals surface area contributed by atoms with Gasteiger partial charge in [0.25, 0.3) is 0 Å². The lowest BCUT2D eigenvalue weighted by atomic mass is 10.1. The number of carbonyl (C=O) groups excluding carboxylic acids is 3. The molecule has 0 aromatic carbocycles. The first-order valence-electron chi connectivity index (χ1n) is 9.29. The fraction of sp³-hybridized carbons (Fsp3) is 0.833. The van der Waals surface area contributed by atoms with Crippen molar-refractivity contribution >= 4 is 42.3 Å². The maximum atomic E-state index is 11.3. The zero-order chi connectivity index (χ0) is 20.7. The number of rotatable bonds is 7. The predicted molar refractivity (Wildman–Crippen MR) is 105 cm³/mol. The highest BCUT2D eigenvalue weighted by Crippen LogP contribution is 2.33. The summed E-state index contributed by atoms with van der Waals surface area (Å²) < 4.78 is 27.5. The highest BCUT2D eigenvalue weighted by atomic mass is 32.2. The molecule has 2 aliphatic rings. The Bertz CT molecular complexity index is 558. The molecule has 28 heavy (non-hydrogen) atoms. The molecule has 0 saturated carbocycles. The molecule has 0 aromatic heterocycles. The van der Waals surface area contributed by atoms with Crippen LogP contribution in [0.5, 0.6) is 0 Å². The largest absolute Gasteiger partial charge is 0.463 e. The fourth-order valence-electron chi connectivity index (χ4n) is 3.29. The summed E-state index contributed by atoms with van der Waals surface area (Å²) in [5, 5.41) is 0. The van der Waals surface area contributed by atoms with E-state index in [9.17, 15) is 14.4 Å². The van der Waals surface area contributed by atoms with Crippen LogP contribution in [0.15, 0.2) is 0 Å². The van der Waals surface area contributed by atoms with Crippen molar-refractivity contribution in [1.29, 1.82) is 0 Å². The zero-order valence-electron chi connectivity index (χ0n) is 16.3. The molecule has 0 spiro atoms. The number of hydrogen-bond donors (Lipinski definition) is 1. The molecule has 0 N–H and O–H groups in total. The normalized spacial score (nSPS) is 33.0. The summed E-state index contributed by atoms with van der Waals surface area (Å²) in [6, 6.07) is 0. The smallest absolute Gasteiger partial charge is 0.302 e. The van der Waals surface area contributed by atoms with Crippen molar-refractivity contribution in [3.05, 3.63) is 0 Å². The first kappa shape index (κ1) is 23.3. The van der Waals surface area contributed by atoms with Gasteiger partial charge in [-0.05, 0) is 0 Å². The van der Waals surface area contributed by atoms with Crippen LogP contribution in [0, 0.1) is 0 Å². The minimum absolute atomic E-state index is 0.122. The van der Waals surface area contributed by atoms with Crippen LogP contribution in [0.4, 0.5) is 0 Å². The summed E-state index contributed by atoms with van der Waals surface area (Å²) >= 11 is 5.92. The summed E-state index contributed by atoms with van der Waals surface area (Å²) in [5.41, 5.74) is -0.517. The summed E-state index contributed by atoms with van der Waals surface area (Å²) in [4.78, 5) is 33.6. The minimum Gasteiger partial charge on any atom is -0.463 e. The van der Waals surface area contributed by atoms with Gasteiger partial charge >= 0.3 is 17.9 Å². The van der Waals surface area contributed by atoms with Crippen molar-refractivity contribution in [2.45, 2.75) is 81.7 Å². The second kappa shape index (κ2) is 11.3. The van der Waals surface area contributed by atoms with E-state index in [2.05, 4.69) is 12.6 Å².